The Morgan fingerprint density at radius 1 is 1.00 bits per heavy atom. The third kappa shape index (κ3) is 5.57. The van der Waals surface area contributed by atoms with Crippen molar-refractivity contribution < 1.29 is 19.1 Å². The third-order valence-electron chi connectivity index (χ3n) is 4.08. The van der Waals surface area contributed by atoms with E-state index >= 15 is 0 Å². The van der Waals surface area contributed by atoms with E-state index in [-0.39, 0.29) is 12.3 Å². The van der Waals surface area contributed by atoms with Gasteiger partial charge in [0.25, 0.3) is 5.91 Å². The first-order chi connectivity index (χ1) is 13.3. The number of carbonyl (C=O) groups is 2. The van der Waals surface area contributed by atoms with E-state index in [1.807, 2.05) is 32.0 Å². The molecule has 0 atom stereocenters. The first-order valence-corrected chi connectivity index (χ1v) is 8.76. The second kappa shape index (κ2) is 9.55. The van der Waals surface area contributed by atoms with Crippen molar-refractivity contribution in [2.24, 2.45) is 5.10 Å². The van der Waals surface area contributed by atoms with Crippen molar-refractivity contribution in [3.8, 4) is 11.5 Å². The Hall–Kier alpha value is -3.35. The van der Waals surface area contributed by atoms with E-state index in [1.54, 1.807) is 25.1 Å². The Morgan fingerprint density at radius 2 is 1.71 bits per heavy atom. The van der Waals surface area contributed by atoms with Gasteiger partial charge in [-0.15, -0.1) is 0 Å². The van der Waals surface area contributed by atoms with Crippen LogP contribution in [0.1, 0.15) is 34.8 Å². The van der Waals surface area contributed by atoms with Crippen molar-refractivity contribution in [1.82, 2.24) is 5.43 Å². The summed E-state index contributed by atoms with van der Waals surface area (Å²) < 4.78 is 10.3. The lowest BCUT2D eigenvalue weighted by molar-refractivity contribution is -0.115. The minimum absolute atomic E-state index is 0.0690. The fourth-order valence-corrected chi connectivity index (χ4v) is 2.53. The highest BCUT2D eigenvalue weighted by atomic mass is 16.5. The number of hydrogen-bond donors (Lipinski definition) is 2. The highest BCUT2D eigenvalue weighted by Gasteiger charge is 2.11. The number of aryl methyl sites for hydroxylation is 2. The molecular formula is C21H25N3O4. The Bertz CT molecular complexity index is 907. The van der Waals surface area contributed by atoms with Crippen molar-refractivity contribution in [3.05, 3.63) is 53.1 Å². The zero-order valence-corrected chi connectivity index (χ0v) is 16.8. The van der Waals surface area contributed by atoms with Crippen LogP contribution < -0.4 is 20.2 Å². The Kier molecular flexibility index (Phi) is 7.14. The van der Waals surface area contributed by atoms with Gasteiger partial charge in [-0.3, -0.25) is 9.59 Å². The number of anilines is 1. The van der Waals surface area contributed by atoms with Gasteiger partial charge in [0.1, 0.15) is 0 Å². The molecule has 0 heterocycles. The van der Waals surface area contributed by atoms with Crippen LogP contribution in [0.2, 0.25) is 0 Å². The van der Waals surface area contributed by atoms with Gasteiger partial charge in [-0.25, -0.2) is 5.43 Å². The van der Waals surface area contributed by atoms with E-state index in [0.717, 1.165) is 16.8 Å². The lowest BCUT2D eigenvalue weighted by Crippen LogP contribution is -2.21. The summed E-state index contributed by atoms with van der Waals surface area (Å²) in [5.41, 5.74) is 6.12. The minimum atomic E-state index is -0.407. The van der Waals surface area contributed by atoms with Gasteiger partial charge in [0, 0.05) is 17.0 Å². The monoisotopic (exact) mass is 383 g/mol. The van der Waals surface area contributed by atoms with E-state index in [2.05, 4.69) is 15.8 Å². The molecule has 0 unspecified atom stereocenters. The van der Waals surface area contributed by atoms with Crippen molar-refractivity contribution in [1.29, 1.82) is 0 Å². The maximum Gasteiger partial charge on any atom is 0.271 e. The number of rotatable bonds is 7. The second-order valence-electron chi connectivity index (χ2n) is 6.40. The van der Waals surface area contributed by atoms with Gasteiger partial charge in [0.2, 0.25) is 5.91 Å². The number of hydrazone groups is 1. The van der Waals surface area contributed by atoms with Crippen LogP contribution in [0.5, 0.6) is 11.5 Å². The molecule has 7 nitrogen and oxygen atoms in total. The maximum atomic E-state index is 12.3. The zero-order valence-electron chi connectivity index (χ0n) is 16.8. The fraction of sp³-hybridized carbons (Fsp3) is 0.286. The van der Waals surface area contributed by atoms with Gasteiger partial charge in [-0.05, 0) is 56.2 Å². The van der Waals surface area contributed by atoms with Gasteiger partial charge in [0.05, 0.1) is 20.6 Å². The number of carbonyl (C=O) groups excluding carboxylic acids is 2. The van der Waals surface area contributed by atoms with Gasteiger partial charge in [0.15, 0.2) is 11.5 Å². The van der Waals surface area contributed by atoms with Gasteiger partial charge in [-0.2, -0.15) is 5.10 Å². The van der Waals surface area contributed by atoms with Crippen molar-refractivity contribution >= 4 is 23.2 Å². The van der Waals surface area contributed by atoms with E-state index in [4.69, 9.17) is 9.47 Å². The smallest absolute Gasteiger partial charge is 0.271 e. The van der Waals surface area contributed by atoms with Crippen LogP contribution in [0.4, 0.5) is 5.69 Å². The van der Waals surface area contributed by atoms with Gasteiger partial charge < -0.3 is 14.8 Å². The molecule has 0 saturated carbocycles. The van der Waals surface area contributed by atoms with Crippen LogP contribution in [0.3, 0.4) is 0 Å². The standard InChI is InChI=1S/C21H25N3O4/c1-13-6-7-14(2)17(10-13)22-20(25)11-15(3)23-24-21(26)16-8-9-18(27-4)19(12-16)28-5/h6-10,12H,11H2,1-5H3,(H,22,25)(H,24,26)/b23-15-. The third-order valence-corrected chi connectivity index (χ3v) is 4.08. The molecule has 0 fully saturated rings. The molecule has 0 bridgehead atoms. The molecule has 2 N–H and O–H groups in total. The van der Waals surface area contributed by atoms with Crippen molar-refractivity contribution in [3.63, 3.8) is 0 Å². The number of hydrogen-bond acceptors (Lipinski definition) is 5. The van der Waals surface area contributed by atoms with E-state index in [0.29, 0.717) is 22.8 Å². The highest BCUT2D eigenvalue weighted by Crippen LogP contribution is 2.27. The summed E-state index contributed by atoms with van der Waals surface area (Å²) in [6.45, 7) is 5.57. The molecule has 7 heteroatoms. The molecule has 2 amide bonds. The number of ether oxygens (including phenoxy) is 2. The number of benzene rings is 2. The molecule has 2 aromatic carbocycles. The van der Waals surface area contributed by atoms with Crippen LogP contribution in [0, 0.1) is 13.8 Å². The summed E-state index contributed by atoms with van der Waals surface area (Å²) in [7, 11) is 3.02. The highest BCUT2D eigenvalue weighted by molar-refractivity contribution is 6.06. The largest absolute Gasteiger partial charge is 0.493 e. The molecule has 0 spiro atoms. The lowest BCUT2D eigenvalue weighted by atomic mass is 10.1. The number of nitrogens with one attached hydrogen (secondary N) is 2. The van der Waals surface area contributed by atoms with E-state index < -0.39 is 5.91 Å². The lowest BCUT2D eigenvalue weighted by Gasteiger charge is -2.10. The predicted molar refractivity (Wildman–Crippen MR) is 109 cm³/mol. The molecule has 0 aliphatic carbocycles. The molecular weight excluding hydrogens is 358 g/mol. The average molecular weight is 383 g/mol. The Balaban J connectivity index is 1.97. The molecule has 28 heavy (non-hydrogen) atoms. The number of amides is 2. The van der Waals surface area contributed by atoms with Crippen molar-refractivity contribution in [2.45, 2.75) is 27.2 Å². The average Bonchev–Trinajstić information content (AvgIpc) is 2.68. The van der Waals surface area contributed by atoms with Crippen LogP contribution in [0.25, 0.3) is 0 Å². The molecule has 148 valence electrons. The van der Waals surface area contributed by atoms with Crippen LogP contribution in [-0.4, -0.2) is 31.7 Å². The number of nitrogens with zero attached hydrogens (tertiary/aromatic N) is 1. The molecule has 2 rings (SSSR count). The summed E-state index contributed by atoms with van der Waals surface area (Å²) in [5, 5.41) is 6.87. The topological polar surface area (TPSA) is 89.0 Å². The van der Waals surface area contributed by atoms with Gasteiger partial charge in [-0.1, -0.05) is 12.1 Å². The summed E-state index contributed by atoms with van der Waals surface area (Å²) in [5.74, 6) is 0.371. The first kappa shape index (κ1) is 21.0. The van der Waals surface area contributed by atoms with Crippen molar-refractivity contribution in [2.75, 3.05) is 19.5 Å². The Labute approximate surface area is 164 Å². The second-order valence-corrected chi connectivity index (χ2v) is 6.40. The first-order valence-electron chi connectivity index (χ1n) is 8.76. The normalized spacial score (nSPS) is 11.0. The van der Waals surface area contributed by atoms with E-state index in [9.17, 15) is 9.59 Å². The molecule has 0 aliphatic rings. The van der Waals surface area contributed by atoms with Crippen LogP contribution in [0.15, 0.2) is 41.5 Å². The summed E-state index contributed by atoms with van der Waals surface area (Å²) in [6.07, 6.45) is 0.0690. The van der Waals surface area contributed by atoms with E-state index in [1.165, 1.54) is 14.2 Å². The zero-order chi connectivity index (χ0) is 20.7. The molecule has 0 aliphatic heterocycles. The summed E-state index contributed by atoms with van der Waals surface area (Å²) in [6, 6.07) is 10.7. The molecule has 0 aromatic heterocycles. The van der Waals surface area contributed by atoms with Gasteiger partial charge >= 0.3 is 0 Å². The summed E-state index contributed by atoms with van der Waals surface area (Å²) >= 11 is 0. The molecule has 0 radical (unpaired) electrons. The Morgan fingerprint density at radius 3 is 2.39 bits per heavy atom. The maximum absolute atomic E-state index is 12.3. The predicted octanol–water partition coefficient (Wildman–Crippen LogP) is 3.46. The minimum Gasteiger partial charge on any atom is -0.493 e. The summed E-state index contributed by atoms with van der Waals surface area (Å²) in [4.78, 5) is 24.5. The number of methoxy groups -OCH3 is 2. The van der Waals surface area contributed by atoms with Crippen LogP contribution in [-0.2, 0) is 4.79 Å². The fourth-order valence-electron chi connectivity index (χ4n) is 2.53. The SMILES string of the molecule is COc1ccc(C(=O)N/N=C(/C)CC(=O)Nc2cc(C)ccc2C)cc1OC. The molecule has 0 saturated heterocycles. The van der Waals surface area contributed by atoms with Crippen LogP contribution >= 0.6 is 0 Å². The quantitative estimate of drug-likeness (QED) is 0.566. The molecule has 2 aromatic rings.